The zero-order valence-corrected chi connectivity index (χ0v) is 15.1. The summed E-state index contributed by atoms with van der Waals surface area (Å²) < 4.78 is 2.98. The number of aromatic nitrogens is 2. The third-order valence-corrected chi connectivity index (χ3v) is 5.11. The normalized spacial score (nSPS) is 15.6. The van der Waals surface area contributed by atoms with E-state index < -0.39 is 0 Å². The lowest BCUT2D eigenvalue weighted by Crippen LogP contribution is -2.49. The van der Waals surface area contributed by atoms with Crippen molar-refractivity contribution in [2.75, 3.05) is 31.1 Å². The largest absolute Gasteiger partial charge is 0.345 e. The molecule has 0 N–H and O–H groups in total. The van der Waals surface area contributed by atoms with Gasteiger partial charge in [-0.1, -0.05) is 0 Å². The smallest absolute Gasteiger partial charge is 0.270 e. The average Bonchev–Trinajstić information content (AvgIpc) is 3.16. The first-order chi connectivity index (χ1) is 10.6. The van der Waals surface area contributed by atoms with Crippen molar-refractivity contribution in [1.29, 1.82) is 0 Å². The molecule has 7 heteroatoms. The van der Waals surface area contributed by atoms with E-state index in [1.165, 1.54) is 0 Å². The van der Waals surface area contributed by atoms with Gasteiger partial charge in [0.15, 0.2) is 5.13 Å². The van der Waals surface area contributed by atoms with Crippen LogP contribution in [0.3, 0.4) is 0 Å². The summed E-state index contributed by atoms with van der Waals surface area (Å²) in [5, 5.41) is 3.03. The third-order valence-electron chi connectivity index (χ3n) is 3.85. The van der Waals surface area contributed by atoms with Crippen molar-refractivity contribution in [3.63, 3.8) is 0 Å². The fourth-order valence-corrected chi connectivity index (χ4v) is 3.81. The molecule has 22 heavy (non-hydrogen) atoms. The van der Waals surface area contributed by atoms with Gasteiger partial charge in [-0.15, -0.1) is 11.3 Å². The van der Waals surface area contributed by atoms with E-state index >= 15 is 0 Å². The molecule has 0 saturated carbocycles. The molecule has 0 radical (unpaired) electrons. The zero-order chi connectivity index (χ0) is 15.7. The third kappa shape index (κ3) is 3.05. The Morgan fingerprint density at radius 3 is 2.64 bits per heavy atom. The fraction of sp³-hybridized carbons (Fsp3) is 0.467. The molecular weight excluding hydrogens is 364 g/mol. The Labute approximate surface area is 142 Å². The van der Waals surface area contributed by atoms with Crippen LogP contribution < -0.4 is 4.90 Å². The molecule has 5 nitrogen and oxygen atoms in total. The Morgan fingerprint density at radius 2 is 2.05 bits per heavy atom. The second-order valence-electron chi connectivity index (χ2n) is 5.64. The van der Waals surface area contributed by atoms with Gasteiger partial charge in [0.05, 0.1) is 0 Å². The number of halogens is 1. The average molecular weight is 383 g/mol. The van der Waals surface area contributed by atoms with Crippen LogP contribution in [0.4, 0.5) is 5.13 Å². The molecule has 0 bridgehead atoms. The lowest BCUT2D eigenvalue weighted by molar-refractivity contribution is 0.0734. The predicted octanol–water partition coefficient (Wildman–Crippen LogP) is 3.25. The second-order valence-corrected chi connectivity index (χ2v) is 7.43. The second kappa shape index (κ2) is 6.42. The van der Waals surface area contributed by atoms with Crippen molar-refractivity contribution in [1.82, 2.24) is 14.5 Å². The lowest BCUT2D eigenvalue weighted by Gasteiger charge is -2.34. The van der Waals surface area contributed by atoms with Crippen LogP contribution in [0.25, 0.3) is 0 Å². The number of hydrogen-bond donors (Lipinski definition) is 0. The van der Waals surface area contributed by atoms with Crippen molar-refractivity contribution in [2.24, 2.45) is 0 Å². The van der Waals surface area contributed by atoms with Crippen LogP contribution in [0.1, 0.15) is 30.4 Å². The SMILES string of the molecule is CC(C)n1cc(Br)cc1C(=O)N1CCN(c2nccs2)CC1. The molecule has 0 spiro atoms. The van der Waals surface area contributed by atoms with E-state index in [0.29, 0.717) is 0 Å². The molecule has 0 aliphatic carbocycles. The summed E-state index contributed by atoms with van der Waals surface area (Å²) in [5.41, 5.74) is 0.754. The Bertz CT molecular complexity index is 645. The summed E-state index contributed by atoms with van der Waals surface area (Å²) >= 11 is 5.12. The van der Waals surface area contributed by atoms with E-state index in [1.54, 1.807) is 11.3 Å². The summed E-state index contributed by atoms with van der Waals surface area (Å²) in [6.07, 6.45) is 3.80. The van der Waals surface area contributed by atoms with Gasteiger partial charge in [-0.2, -0.15) is 0 Å². The highest BCUT2D eigenvalue weighted by atomic mass is 79.9. The van der Waals surface area contributed by atoms with Crippen LogP contribution in [0, 0.1) is 0 Å². The quantitative estimate of drug-likeness (QED) is 0.817. The lowest BCUT2D eigenvalue weighted by atomic mass is 10.2. The molecule has 1 aliphatic rings. The van der Waals surface area contributed by atoms with Crippen LogP contribution in [0.2, 0.25) is 0 Å². The molecule has 3 rings (SSSR count). The minimum atomic E-state index is 0.109. The highest BCUT2D eigenvalue weighted by Gasteiger charge is 2.25. The van der Waals surface area contributed by atoms with Crippen LogP contribution in [-0.2, 0) is 0 Å². The number of amides is 1. The van der Waals surface area contributed by atoms with Crippen LogP contribution >= 0.6 is 27.3 Å². The topological polar surface area (TPSA) is 41.4 Å². The van der Waals surface area contributed by atoms with E-state index in [-0.39, 0.29) is 11.9 Å². The first-order valence-electron chi connectivity index (χ1n) is 7.37. The summed E-state index contributed by atoms with van der Waals surface area (Å²) in [6.45, 7) is 7.32. The monoisotopic (exact) mass is 382 g/mol. The molecule has 0 unspecified atom stereocenters. The molecule has 1 aliphatic heterocycles. The molecule has 1 saturated heterocycles. The summed E-state index contributed by atoms with van der Waals surface area (Å²) in [5.74, 6) is 0.109. The molecule has 3 heterocycles. The van der Waals surface area contributed by atoms with Gasteiger partial charge in [0.2, 0.25) is 0 Å². The first-order valence-corrected chi connectivity index (χ1v) is 9.04. The Morgan fingerprint density at radius 1 is 1.32 bits per heavy atom. The van der Waals surface area contributed by atoms with Gasteiger partial charge in [-0.3, -0.25) is 4.79 Å². The van der Waals surface area contributed by atoms with E-state index in [0.717, 1.165) is 41.5 Å². The number of hydrogen-bond acceptors (Lipinski definition) is 4. The zero-order valence-electron chi connectivity index (χ0n) is 12.7. The molecule has 1 amide bonds. The van der Waals surface area contributed by atoms with Gasteiger partial charge in [-0.05, 0) is 35.8 Å². The van der Waals surface area contributed by atoms with Gasteiger partial charge >= 0.3 is 0 Å². The Hall–Kier alpha value is -1.34. The summed E-state index contributed by atoms with van der Waals surface area (Å²) in [7, 11) is 0. The van der Waals surface area contributed by atoms with Crippen molar-refractivity contribution in [2.45, 2.75) is 19.9 Å². The van der Waals surface area contributed by atoms with Gasteiger partial charge < -0.3 is 14.4 Å². The van der Waals surface area contributed by atoms with Crippen molar-refractivity contribution in [3.05, 3.63) is 34.0 Å². The first kappa shape index (κ1) is 15.6. The van der Waals surface area contributed by atoms with Gasteiger partial charge in [0.1, 0.15) is 5.69 Å². The summed E-state index contributed by atoms with van der Waals surface area (Å²) in [4.78, 5) is 21.3. The highest BCUT2D eigenvalue weighted by Crippen LogP contribution is 2.23. The van der Waals surface area contributed by atoms with E-state index in [1.807, 2.05) is 33.3 Å². The highest BCUT2D eigenvalue weighted by molar-refractivity contribution is 9.10. The number of piperazine rings is 1. The molecule has 0 aromatic carbocycles. The minimum absolute atomic E-state index is 0.109. The fourth-order valence-electron chi connectivity index (χ4n) is 2.68. The Balaban J connectivity index is 1.70. The van der Waals surface area contributed by atoms with Crippen molar-refractivity contribution >= 4 is 38.3 Å². The maximum Gasteiger partial charge on any atom is 0.270 e. The number of carbonyl (C=O) groups excluding carboxylic acids is 1. The maximum absolute atomic E-state index is 12.8. The maximum atomic E-state index is 12.8. The standard InChI is InChI=1S/C15H19BrN4OS/c1-11(2)20-10-12(16)9-13(20)14(21)18-4-6-19(7-5-18)15-17-3-8-22-15/h3,8-11H,4-7H2,1-2H3. The van der Waals surface area contributed by atoms with E-state index in [4.69, 9.17) is 0 Å². The number of carbonyl (C=O) groups is 1. The molecular formula is C15H19BrN4OS. The predicted molar refractivity (Wildman–Crippen MR) is 92.7 cm³/mol. The number of thiazole rings is 1. The van der Waals surface area contributed by atoms with Crippen LogP contribution in [-0.4, -0.2) is 46.5 Å². The van der Waals surface area contributed by atoms with Gasteiger partial charge in [-0.25, -0.2) is 4.98 Å². The van der Waals surface area contributed by atoms with Gasteiger partial charge in [0.25, 0.3) is 5.91 Å². The number of rotatable bonds is 3. The summed E-state index contributed by atoms with van der Waals surface area (Å²) in [6, 6.07) is 2.18. The van der Waals surface area contributed by atoms with E-state index in [2.05, 4.69) is 39.7 Å². The number of nitrogens with zero attached hydrogens (tertiary/aromatic N) is 4. The molecule has 2 aromatic rings. The molecule has 1 fully saturated rings. The van der Waals surface area contributed by atoms with Crippen molar-refractivity contribution in [3.8, 4) is 0 Å². The minimum Gasteiger partial charge on any atom is -0.345 e. The van der Waals surface area contributed by atoms with E-state index in [9.17, 15) is 4.79 Å². The molecule has 2 aromatic heterocycles. The van der Waals surface area contributed by atoms with Crippen LogP contribution in [0.15, 0.2) is 28.3 Å². The molecule has 0 atom stereocenters. The van der Waals surface area contributed by atoms with Crippen molar-refractivity contribution < 1.29 is 4.79 Å². The van der Waals surface area contributed by atoms with Crippen LogP contribution in [0.5, 0.6) is 0 Å². The van der Waals surface area contributed by atoms with Gasteiger partial charge in [0, 0.05) is 54.5 Å². The number of anilines is 1. The molecule has 118 valence electrons. The Kier molecular flexibility index (Phi) is 4.54.